The lowest BCUT2D eigenvalue weighted by molar-refractivity contribution is 1.18. The molecule has 8 aromatic carbocycles. The van der Waals surface area contributed by atoms with Crippen molar-refractivity contribution in [1.82, 2.24) is 14.5 Å². The second-order valence-corrected chi connectivity index (χ2v) is 12.5. The summed E-state index contributed by atoms with van der Waals surface area (Å²) < 4.78 is 2.44. The van der Waals surface area contributed by atoms with E-state index >= 15 is 0 Å². The van der Waals surface area contributed by atoms with Gasteiger partial charge in [0.1, 0.15) is 0 Å². The Balaban J connectivity index is 1.38. The van der Waals surface area contributed by atoms with Crippen LogP contribution in [0.25, 0.3) is 93.7 Å². The van der Waals surface area contributed by atoms with Gasteiger partial charge in [-0.2, -0.15) is 0 Å². The fraction of sp³-hybridized carbons (Fsp3) is 0. The van der Waals surface area contributed by atoms with Crippen molar-refractivity contribution in [2.75, 3.05) is 0 Å². The SMILES string of the molecule is c1ccc(-c2cc(-c3ccccc3)nc(-c3cccc4c3c3ccc5c6ccccc6c6ccccc6c5c3n4-c3ccccc3)n2)cc1. The summed E-state index contributed by atoms with van der Waals surface area (Å²) in [4.78, 5) is 10.5. The van der Waals surface area contributed by atoms with E-state index in [9.17, 15) is 0 Å². The van der Waals surface area contributed by atoms with Crippen molar-refractivity contribution in [3.63, 3.8) is 0 Å². The molecule has 0 atom stereocenters. The minimum absolute atomic E-state index is 0.710. The molecule has 0 saturated heterocycles. The van der Waals surface area contributed by atoms with Gasteiger partial charge in [-0.1, -0.05) is 152 Å². The Morgan fingerprint density at radius 1 is 0.367 bits per heavy atom. The number of hydrogen-bond donors (Lipinski definition) is 0. The average Bonchev–Trinajstić information content (AvgIpc) is 3.53. The number of rotatable bonds is 4. The van der Waals surface area contributed by atoms with Crippen LogP contribution in [0.3, 0.4) is 0 Å². The molecule has 2 heterocycles. The zero-order valence-electron chi connectivity index (χ0n) is 26.6. The molecule has 0 aliphatic heterocycles. The van der Waals surface area contributed by atoms with Crippen LogP contribution in [0.15, 0.2) is 176 Å². The van der Waals surface area contributed by atoms with Crippen molar-refractivity contribution < 1.29 is 0 Å². The Hall–Kier alpha value is -6.58. The van der Waals surface area contributed by atoms with Gasteiger partial charge in [0.05, 0.1) is 22.4 Å². The number of nitrogens with zero attached hydrogens (tertiary/aromatic N) is 3. The Kier molecular flexibility index (Phi) is 6.18. The molecule has 0 radical (unpaired) electrons. The summed E-state index contributed by atoms with van der Waals surface area (Å²) in [5.74, 6) is 0.710. The summed E-state index contributed by atoms with van der Waals surface area (Å²) in [5, 5.41) is 9.86. The van der Waals surface area contributed by atoms with Crippen molar-refractivity contribution in [3.05, 3.63) is 176 Å². The van der Waals surface area contributed by atoms with E-state index in [-0.39, 0.29) is 0 Å². The highest BCUT2D eigenvalue weighted by Gasteiger charge is 2.22. The minimum Gasteiger partial charge on any atom is -0.309 e. The van der Waals surface area contributed by atoms with Crippen molar-refractivity contribution >= 4 is 54.1 Å². The molecular formula is C46H29N3. The van der Waals surface area contributed by atoms with Gasteiger partial charge in [0.2, 0.25) is 0 Å². The van der Waals surface area contributed by atoms with Gasteiger partial charge >= 0.3 is 0 Å². The summed E-state index contributed by atoms with van der Waals surface area (Å²) in [5.41, 5.74) is 8.37. The first-order valence-corrected chi connectivity index (χ1v) is 16.7. The third kappa shape index (κ3) is 4.29. The van der Waals surface area contributed by atoms with Crippen LogP contribution < -0.4 is 0 Å². The summed E-state index contributed by atoms with van der Waals surface area (Å²) in [6.07, 6.45) is 0. The monoisotopic (exact) mass is 623 g/mol. The van der Waals surface area contributed by atoms with Crippen LogP contribution in [0.5, 0.6) is 0 Å². The van der Waals surface area contributed by atoms with Gasteiger partial charge in [-0.05, 0) is 51.2 Å². The molecule has 2 aromatic heterocycles. The van der Waals surface area contributed by atoms with Gasteiger partial charge in [-0.3, -0.25) is 0 Å². The predicted molar refractivity (Wildman–Crippen MR) is 205 cm³/mol. The quantitative estimate of drug-likeness (QED) is 0.183. The number of para-hydroxylation sites is 1. The topological polar surface area (TPSA) is 30.7 Å². The lowest BCUT2D eigenvalue weighted by atomic mass is 9.92. The molecule has 0 fully saturated rings. The van der Waals surface area contributed by atoms with E-state index in [2.05, 4.69) is 168 Å². The van der Waals surface area contributed by atoms with Gasteiger partial charge < -0.3 is 4.57 Å². The number of benzene rings is 8. The molecule has 0 unspecified atom stereocenters. The lowest BCUT2D eigenvalue weighted by Gasteiger charge is -2.14. The smallest absolute Gasteiger partial charge is 0.161 e. The highest BCUT2D eigenvalue weighted by atomic mass is 15.0. The molecule has 0 aliphatic rings. The molecule has 10 rings (SSSR count). The van der Waals surface area contributed by atoms with Crippen molar-refractivity contribution in [2.45, 2.75) is 0 Å². The summed E-state index contributed by atoms with van der Waals surface area (Å²) in [6, 6.07) is 62.4. The van der Waals surface area contributed by atoms with Gasteiger partial charge in [0.15, 0.2) is 5.82 Å². The fourth-order valence-corrected chi connectivity index (χ4v) is 7.65. The molecule has 0 amide bonds. The Morgan fingerprint density at radius 3 is 1.47 bits per heavy atom. The predicted octanol–water partition coefficient (Wildman–Crippen LogP) is 12.0. The van der Waals surface area contributed by atoms with Crippen molar-refractivity contribution in [1.29, 1.82) is 0 Å². The zero-order chi connectivity index (χ0) is 32.3. The fourth-order valence-electron chi connectivity index (χ4n) is 7.65. The first kappa shape index (κ1) is 27.5. The van der Waals surface area contributed by atoms with Crippen LogP contribution in [0.2, 0.25) is 0 Å². The zero-order valence-corrected chi connectivity index (χ0v) is 26.6. The highest BCUT2D eigenvalue weighted by Crippen LogP contribution is 2.45. The van der Waals surface area contributed by atoms with E-state index in [1.165, 1.54) is 43.2 Å². The minimum atomic E-state index is 0.710. The van der Waals surface area contributed by atoms with E-state index < -0.39 is 0 Å². The van der Waals surface area contributed by atoms with Crippen LogP contribution in [-0.2, 0) is 0 Å². The molecule has 0 saturated carbocycles. The third-order valence-electron chi connectivity index (χ3n) is 9.78. The summed E-state index contributed by atoms with van der Waals surface area (Å²) in [6.45, 7) is 0. The highest BCUT2D eigenvalue weighted by molar-refractivity contribution is 6.34. The normalized spacial score (nSPS) is 11.7. The van der Waals surface area contributed by atoms with E-state index in [1.807, 2.05) is 12.1 Å². The second-order valence-electron chi connectivity index (χ2n) is 12.5. The van der Waals surface area contributed by atoms with E-state index in [0.717, 1.165) is 44.7 Å². The molecule has 0 N–H and O–H groups in total. The van der Waals surface area contributed by atoms with Crippen molar-refractivity contribution in [2.24, 2.45) is 0 Å². The molecule has 0 bridgehead atoms. The summed E-state index contributed by atoms with van der Waals surface area (Å²) in [7, 11) is 0. The Bertz CT molecular complexity index is 2760. The van der Waals surface area contributed by atoms with Gasteiger partial charge in [0, 0.05) is 38.5 Å². The molecule has 0 aliphatic carbocycles. The van der Waals surface area contributed by atoms with Crippen LogP contribution in [-0.4, -0.2) is 14.5 Å². The standard InChI is InChI=1S/C46H29N3/c1-4-15-30(16-5-1)40-29-41(31-17-6-2-7-18-31)48-46(47-40)39-25-14-26-42-43(39)38-28-27-37-35-23-11-10-21-33(35)34-22-12-13-24-36(34)44(37)45(38)49(42)32-19-8-3-9-20-32/h1-29H. The molecule has 0 spiro atoms. The Morgan fingerprint density at radius 2 is 0.857 bits per heavy atom. The Labute approximate surface area is 283 Å². The molecule has 49 heavy (non-hydrogen) atoms. The van der Waals surface area contributed by atoms with E-state index in [0.29, 0.717) is 5.82 Å². The van der Waals surface area contributed by atoms with Crippen LogP contribution in [0, 0.1) is 0 Å². The average molecular weight is 624 g/mol. The van der Waals surface area contributed by atoms with Crippen LogP contribution in [0.4, 0.5) is 0 Å². The first-order chi connectivity index (χ1) is 24.3. The maximum absolute atomic E-state index is 5.27. The largest absolute Gasteiger partial charge is 0.309 e. The maximum atomic E-state index is 5.27. The van der Waals surface area contributed by atoms with Crippen LogP contribution in [0.1, 0.15) is 0 Å². The van der Waals surface area contributed by atoms with Crippen molar-refractivity contribution in [3.8, 4) is 39.6 Å². The number of hydrogen-bond acceptors (Lipinski definition) is 2. The summed E-state index contributed by atoms with van der Waals surface area (Å²) >= 11 is 0. The third-order valence-corrected chi connectivity index (χ3v) is 9.78. The van der Waals surface area contributed by atoms with E-state index in [1.54, 1.807) is 0 Å². The molecular weight excluding hydrogens is 595 g/mol. The maximum Gasteiger partial charge on any atom is 0.161 e. The number of fused-ring (bicyclic) bond motifs is 10. The van der Waals surface area contributed by atoms with Gasteiger partial charge in [-0.15, -0.1) is 0 Å². The second kappa shape index (κ2) is 11.0. The van der Waals surface area contributed by atoms with Crippen LogP contribution >= 0.6 is 0 Å². The van der Waals surface area contributed by atoms with Gasteiger partial charge in [0.25, 0.3) is 0 Å². The van der Waals surface area contributed by atoms with Gasteiger partial charge in [-0.25, -0.2) is 9.97 Å². The molecule has 10 aromatic rings. The molecule has 228 valence electrons. The molecule has 3 nitrogen and oxygen atoms in total. The molecule has 3 heteroatoms. The first-order valence-electron chi connectivity index (χ1n) is 16.7. The van der Waals surface area contributed by atoms with E-state index in [4.69, 9.17) is 9.97 Å². The number of aromatic nitrogens is 3. The lowest BCUT2D eigenvalue weighted by Crippen LogP contribution is -1.97.